The smallest absolute Gasteiger partial charge is 0.399 e. The normalized spacial score (nSPS) is 18.8. The van der Waals surface area contributed by atoms with Gasteiger partial charge in [0.2, 0.25) is 0 Å². The van der Waals surface area contributed by atoms with Crippen LogP contribution in [0, 0.1) is 0 Å². The molecule has 1 N–H and O–H groups in total. The second-order valence-corrected chi connectivity index (χ2v) is 7.32. The van der Waals surface area contributed by atoms with Crippen LogP contribution in [0.15, 0.2) is 42.7 Å². The number of nitrogens with zero attached hydrogens (tertiary/aromatic N) is 1. The molecule has 2 heterocycles. The molecule has 0 unspecified atom stereocenters. The van der Waals surface area contributed by atoms with E-state index in [-0.39, 0.29) is 18.3 Å². The Morgan fingerprint density at radius 1 is 0.958 bits per heavy atom. The van der Waals surface area contributed by atoms with Crippen molar-refractivity contribution in [2.24, 2.45) is 0 Å². The third kappa shape index (κ3) is 3.25. The quantitative estimate of drug-likeness (QED) is 0.879. The first-order chi connectivity index (χ1) is 11.3. The number of pyridine rings is 1. The first-order valence-electron chi connectivity index (χ1n) is 8.37. The highest BCUT2D eigenvalue weighted by Gasteiger charge is 2.51. The number of hydrogen-bond acceptors (Lipinski definition) is 4. The van der Waals surface area contributed by atoms with Crippen LogP contribution in [0.25, 0.3) is 11.1 Å². The molecular formula is C19H25BN2O2. The zero-order valence-corrected chi connectivity index (χ0v) is 15.1. The van der Waals surface area contributed by atoms with Gasteiger partial charge >= 0.3 is 7.12 Å². The molecule has 0 radical (unpaired) electrons. The Hall–Kier alpha value is -1.69. The van der Waals surface area contributed by atoms with E-state index in [1.807, 2.05) is 19.4 Å². The summed E-state index contributed by atoms with van der Waals surface area (Å²) in [4.78, 5) is 4.39. The molecule has 1 aromatic carbocycles. The zero-order chi connectivity index (χ0) is 17.4. The number of rotatable bonds is 4. The summed E-state index contributed by atoms with van der Waals surface area (Å²) >= 11 is 0. The summed E-state index contributed by atoms with van der Waals surface area (Å²) in [5.41, 5.74) is 3.73. The summed E-state index contributed by atoms with van der Waals surface area (Å²) in [6.07, 6.45) is 3.70. The molecule has 4 nitrogen and oxygen atoms in total. The fraction of sp³-hybridized carbons (Fsp3) is 0.421. The van der Waals surface area contributed by atoms with Crippen LogP contribution in [0.3, 0.4) is 0 Å². The van der Waals surface area contributed by atoms with Gasteiger partial charge in [0.1, 0.15) is 0 Å². The molecule has 0 atom stereocenters. The van der Waals surface area contributed by atoms with Gasteiger partial charge in [-0.1, -0.05) is 30.3 Å². The molecule has 0 saturated carbocycles. The van der Waals surface area contributed by atoms with Gasteiger partial charge in [-0.25, -0.2) is 0 Å². The minimum atomic E-state index is -0.383. The summed E-state index contributed by atoms with van der Waals surface area (Å²) in [7, 11) is 1.57. The summed E-state index contributed by atoms with van der Waals surface area (Å²) in [6, 6.07) is 10.6. The molecule has 0 amide bonds. The first kappa shape index (κ1) is 17.1. The van der Waals surface area contributed by atoms with Gasteiger partial charge in [-0.3, -0.25) is 4.98 Å². The van der Waals surface area contributed by atoms with E-state index in [0.29, 0.717) is 0 Å². The van der Waals surface area contributed by atoms with Gasteiger partial charge in [0.15, 0.2) is 0 Å². The third-order valence-electron chi connectivity index (χ3n) is 4.95. The SMILES string of the molecule is CNCc1ccc(-c2cncc(B3OC(C)(C)C(C)(C)O3)c2)cc1. The average Bonchev–Trinajstić information content (AvgIpc) is 2.77. The maximum absolute atomic E-state index is 6.12. The Kier molecular flexibility index (Phi) is 4.51. The summed E-state index contributed by atoms with van der Waals surface area (Å²) in [5, 5.41) is 3.16. The Morgan fingerprint density at radius 2 is 1.58 bits per heavy atom. The Bertz CT molecular complexity index is 698. The number of hydrogen-bond donors (Lipinski definition) is 1. The van der Waals surface area contributed by atoms with E-state index in [1.165, 1.54) is 5.56 Å². The summed E-state index contributed by atoms with van der Waals surface area (Å²) in [6.45, 7) is 9.11. The van der Waals surface area contributed by atoms with E-state index in [4.69, 9.17) is 9.31 Å². The van der Waals surface area contributed by atoms with Gasteiger partial charge in [0, 0.05) is 24.4 Å². The van der Waals surface area contributed by atoms with E-state index < -0.39 is 0 Å². The van der Waals surface area contributed by atoms with Crippen molar-refractivity contribution in [2.75, 3.05) is 7.05 Å². The van der Waals surface area contributed by atoms with Crippen LogP contribution in [0.5, 0.6) is 0 Å². The third-order valence-corrected chi connectivity index (χ3v) is 4.95. The molecule has 0 bridgehead atoms. The van der Waals surface area contributed by atoms with Crippen molar-refractivity contribution in [1.29, 1.82) is 0 Å². The fourth-order valence-electron chi connectivity index (χ4n) is 2.74. The van der Waals surface area contributed by atoms with Crippen molar-refractivity contribution >= 4 is 12.6 Å². The minimum absolute atomic E-state index is 0.345. The Balaban J connectivity index is 1.85. The molecule has 1 aliphatic heterocycles. The van der Waals surface area contributed by atoms with Gasteiger partial charge in [0.25, 0.3) is 0 Å². The van der Waals surface area contributed by atoms with Crippen molar-refractivity contribution in [2.45, 2.75) is 45.4 Å². The molecule has 126 valence electrons. The van der Waals surface area contributed by atoms with E-state index in [2.05, 4.69) is 68.3 Å². The van der Waals surface area contributed by atoms with Gasteiger partial charge in [-0.15, -0.1) is 0 Å². The van der Waals surface area contributed by atoms with Crippen LogP contribution in [-0.2, 0) is 15.9 Å². The molecule has 3 rings (SSSR count). The lowest BCUT2D eigenvalue weighted by molar-refractivity contribution is 0.00578. The zero-order valence-electron chi connectivity index (χ0n) is 15.1. The van der Waals surface area contributed by atoms with E-state index in [9.17, 15) is 0 Å². The van der Waals surface area contributed by atoms with Crippen LogP contribution in [0.1, 0.15) is 33.3 Å². The molecule has 0 aliphatic carbocycles. The topological polar surface area (TPSA) is 43.4 Å². The highest BCUT2D eigenvalue weighted by molar-refractivity contribution is 6.62. The van der Waals surface area contributed by atoms with Gasteiger partial charge in [-0.05, 0) is 51.4 Å². The van der Waals surface area contributed by atoms with E-state index in [0.717, 1.165) is 23.1 Å². The highest BCUT2D eigenvalue weighted by Crippen LogP contribution is 2.36. The summed E-state index contributed by atoms with van der Waals surface area (Å²) < 4.78 is 12.2. The highest BCUT2D eigenvalue weighted by atomic mass is 16.7. The minimum Gasteiger partial charge on any atom is -0.399 e. The van der Waals surface area contributed by atoms with Crippen LogP contribution in [-0.4, -0.2) is 30.4 Å². The second-order valence-electron chi connectivity index (χ2n) is 7.32. The number of aromatic nitrogens is 1. The maximum atomic E-state index is 6.12. The predicted octanol–water partition coefficient (Wildman–Crippen LogP) is 2.77. The monoisotopic (exact) mass is 324 g/mol. The molecule has 1 saturated heterocycles. The molecule has 2 aromatic rings. The first-order valence-corrected chi connectivity index (χ1v) is 8.37. The molecule has 24 heavy (non-hydrogen) atoms. The Labute approximate surface area is 144 Å². The van der Waals surface area contributed by atoms with Crippen molar-refractivity contribution in [3.8, 4) is 11.1 Å². The van der Waals surface area contributed by atoms with Crippen molar-refractivity contribution in [1.82, 2.24) is 10.3 Å². The fourth-order valence-corrected chi connectivity index (χ4v) is 2.74. The van der Waals surface area contributed by atoms with Crippen LogP contribution < -0.4 is 10.8 Å². The maximum Gasteiger partial charge on any atom is 0.496 e. The standard InChI is InChI=1S/C19H25BN2O2/c1-18(2)19(3,4)24-20(23-18)17-10-16(12-22-13-17)15-8-6-14(7-9-15)11-21-5/h6-10,12-13,21H,11H2,1-5H3. The average molecular weight is 324 g/mol. The van der Waals surface area contributed by atoms with E-state index in [1.54, 1.807) is 0 Å². The van der Waals surface area contributed by atoms with Crippen LogP contribution in [0.2, 0.25) is 0 Å². The molecule has 1 aromatic heterocycles. The van der Waals surface area contributed by atoms with Crippen LogP contribution in [0.4, 0.5) is 0 Å². The van der Waals surface area contributed by atoms with Crippen molar-refractivity contribution in [3.63, 3.8) is 0 Å². The molecular weight excluding hydrogens is 299 g/mol. The second kappa shape index (κ2) is 6.32. The lowest BCUT2D eigenvalue weighted by Gasteiger charge is -2.32. The number of benzene rings is 1. The van der Waals surface area contributed by atoms with Gasteiger partial charge in [-0.2, -0.15) is 0 Å². The summed E-state index contributed by atoms with van der Waals surface area (Å²) in [5.74, 6) is 0. The molecule has 0 spiro atoms. The van der Waals surface area contributed by atoms with Crippen molar-refractivity contribution < 1.29 is 9.31 Å². The van der Waals surface area contributed by atoms with Gasteiger partial charge in [0.05, 0.1) is 11.2 Å². The largest absolute Gasteiger partial charge is 0.496 e. The molecule has 1 fully saturated rings. The lowest BCUT2D eigenvalue weighted by Crippen LogP contribution is -2.41. The molecule has 5 heteroatoms. The van der Waals surface area contributed by atoms with Crippen LogP contribution >= 0.6 is 0 Å². The Morgan fingerprint density at radius 3 is 2.17 bits per heavy atom. The predicted molar refractivity (Wildman–Crippen MR) is 98.2 cm³/mol. The van der Waals surface area contributed by atoms with Gasteiger partial charge < -0.3 is 14.6 Å². The lowest BCUT2D eigenvalue weighted by atomic mass is 9.79. The number of nitrogens with one attached hydrogen (secondary N) is 1. The van der Waals surface area contributed by atoms with E-state index >= 15 is 0 Å². The molecule has 1 aliphatic rings. The van der Waals surface area contributed by atoms with Crippen molar-refractivity contribution in [3.05, 3.63) is 48.3 Å².